The number of ether oxygens (including phenoxy) is 1. The van der Waals surface area contributed by atoms with Gasteiger partial charge in [0, 0.05) is 0 Å². The van der Waals surface area contributed by atoms with Crippen LogP contribution in [0.5, 0.6) is 0 Å². The van der Waals surface area contributed by atoms with Gasteiger partial charge >= 0.3 is 6.09 Å². The Hall–Kier alpha value is -1.63. The lowest BCUT2D eigenvalue weighted by Gasteiger charge is -2.20. The second-order valence-corrected chi connectivity index (χ2v) is 3.75. The molecule has 1 amide bonds. The van der Waals surface area contributed by atoms with Gasteiger partial charge in [0.2, 0.25) is 0 Å². The van der Waals surface area contributed by atoms with Crippen molar-refractivity contribution in [2.24, 2.45) is 0 Å². The topological polar surface area (TPSA) is 99.0 Å². The predicted molar refractivity (Wildman–Crippen MR) is 63.7 cm³/mol. The number of alkyl carbamates (subject to hydrolysis) is 1. The molecule has 6 heteroatoms. The Balaban J connectivity index is 2.37. The average Bonchev–Trinajstić information content (AvgIpc) is 2.42. The van der Waals surface area contributed by atoms with Crippen LogP contribution >= 0.6 is 0 Å². The van der Waals surface area contributed by atoms with E-state index in [-0.39, 0.29) is 6.61 Å². The van der Waals surface area contributed by atoms with E-state index in [0.29, 0.717) is 0 Å². The van der Waals surface area contributed by atoms with Crippen molar-refractivity contribution in [3.63, 3.8) is 0 Å². The lowest BCUT2D eigenvalue weighted by atomic mass is 10.2. The van der Waals surface area contributed by atoms with Gasteiger partial charge < -0.3 is 25.4 Å². The van der Waals surface area contributed by atoms with Crippen molar-refractivity contribution >= 4 is 6.09 Å². The van der Waals surface area contributed by atoms with Crippen molar-refractivity contribution < 1.29 is 24.9 Å². The number of nitrogens with one attached hydrogen (secondary N) is 1. The molecule has 1 rings (SSSR count). The summed E-state index contributed by atoms with van der Waals surface area (Å²) in [5.41, 5.74) is 0.830. The number of rotatable bonds is 6. The van der Waals surface area contributed by atoms with Gasteiger partial charge in [0.1, 0.15) is 6.61 Å². The molecule has 0 bridgehead atoms. The molecular weight excluding hydrogens is 238 g/mol. The molecule has 0 aliphatic rings. The number of carbonyl (C=O) groups is 1. The number of hydrogen-bond acceptors (Lipinski definition) is 5. The molecule has 0 aliphatic heterocycles. The maximum Gasteiger partial charge on any atom is 0.407 e. The summed E-state index contributed by atoms with van der Waals surface area (Å²) in [4.78, 5) is 11.4. The smallest absolute Gasteiger partial charge is 0.407 e. The monoisotopic (exact) mass is 255 g/mol. The standard InChI is InChI=1S/C12H17NO5/c14-6-10(11(16)7-15)13-12(17)18-8-9-4-2-1-3-5-9/h1-5,10-11,14-16H,6-8H2,(H,13,17)/t10-,11+/m0/s1. The summed E-state index contributed by atoms with van der Waals surface area (Å²) >= 11 is 0. The third-order valence-electron chi connectivity index (χ3n) is 2.36. The van der Waals surface area contributed by atoms with Crippen molar-refractivity contribution in [1.82, 2.24) is 5.32 Å². The first-order valence-corrected chi connectivity index (χ1v) is 5.54. The van der Waals surface area contributed by atoms with Crippen LogP contribution < -0.4 is 5.32 Å². The van der Waals surface area contributed by atoms with Crippen LogP contribution in [0, 0.1) is 0 Å². The Morgan fingerprint density at radius 3 is 2.44 bits per heavy atom. The zero-order chi connectivity index (χ0) is 13.4. The molecule has 0 saturated heterocycles. The lowest BCUT2D eigenvalue weighted by molar-refractivity contribution is 0.0379. The molecule has 1 aromatic carbocycles. The van der Waals surface area contributed by atoms with E-state index in [1.165, 1.54) is 0 Å². The van der Waals surface area contributed by atoms with Crippen LogP contribution in [0.4, 0.5) is 4.79 Å². The fourth-order valence-corrected chi connectivity index (χ4v) is 1.31. The van der Waals surface area contributed by atoms with Crippen LogP contribution in [0.25, 0.3) is 0 Å². The second-order valence-electron chi connectivity index (χ2n) is 3.75. The Morgan fingerprint density at radius 2 is 1.89 bits per heavy atom. The van der Waals surface area contributed by atoms with Gasteiger partial charge in [-0.3, -0.25) is 0 Å². The molecule has 100 valence electrons. The van der Waals surface area contributed by atoms with E-state index in [1.54, 1.807) is 12.1 Å². The van der Waals surface area contributed by atoms with Gasteiger partial charge in [0.15, 0.2) is 0 Å². The molecule has 0 spiro atoms. The normalized spacial score (nSPS) is 13.7. The van der Waals surface area contributed by atoms with Crippen molar-refractivity contribution in [3.05, 3.63) is 35.9 Å². The van der Waals surface area contributed by atoms with Crippen LogP contribution in [-0.2, 0) is 11.3 Å². The van der Waals surface area contributed by atoms with Gasteiger partial charge in [-0.05, 0) is 5.56 Å². The minimum atomic E-state index is -1.22. The third kappa shape index (κ3) is 4.70. The largest absolute Gasteiger partial charge is 0.445 e. The summed E-state index contributed by atoms with van der Waals surface area (Å²) < 4.78 is 4.90. The number of aliphatic hydroxyl groups is 3. The fourth-order valence-electron chi connectivity index (χ4n) is 1.31. The highest BCUT2D eigenvalue weighted by Gasteiger charge is 2.20. The summed E-state index contributed by atoms with van der Waals surface area (Å²) in [6.45, 7) is -0.938. The molecule has 1 aromatic rings. The minimum absolute atomic E-state index is 0.0973. The van der Waals surface area contributed by atoms with E-state index in [9.17, 15) is 9.90 Å². The van der Waals surface area contributed by atoms with E-state index in [4.69, 9.17) is 14.9 Å². The molecule has 4 N–H and O–H groups in total. The summed E-state index contributed by atoms with van der Waals surface area (Å²) in [6.07, 6.45) is -1.98. The van der Waals surface area contributed by atoms with Crippen LogP contribution in [-0.4, -0.2) is 46.8 Å². The molecular formula is C12H17NO5. The number of amides is 1. The van der Waals surface area contributed by atoms with Gasteiger partial charge in [-0.2, -0.15) is 0 Å². The summed E-state index contributed by atoms with van der Waals surface area (Å²) in [7, 11) is 0. The predicted octanol–water partition coefficient (Wildman–Crippen LogP) is -0.373. The third-order valence-corrected chi connectivity index (χ3v) is 2.36. The fraction of sp³-hybridized carbons (Fsp3) is 0.417. The zero-order valence-electron chi connectivity index (χ0n) is 9.82. The van der Waals surface area contributed by atoms with Crippen molar-refractivity contribution in [1.29, 1.82) is 0 Å². The van der Waals surface area contributed by atoms with E-state index in [1.807, 2.05) is 18.2 Å². The van der Waals surface area contributed by atoms with E-state index >= 15 is 0 Å². The Labute approximate surface area is 105 Å². The average molecular weight is 255 g/mol. The summed E-state index contributed by atoms with van der Waals surface area (Å²) in [5.74, 6) is 0. The first kappa shape index (κ1) is 14.4. The first-order valence-electron chi connectivity index (χ1n) is 5.54. The summed E-state index contributed by atoms with van der Waals surface area (Å²) in [6, 6.07) is 8.16. The van der Waals surface area contributed by atoms with Gasteiger partial charge in [0.25, 0.3) is 0 Å². The van der Waals surface area contributed by atoms with E-state index in [0.717, 1.165) is 5.56 Å². The van der Waals surface area contributed by atoms with Crippen LogP contribution in [0.15, 0.2) is 30.3 Å². The Bertz CT molecular complexity index is 357. The molecule has 0 aliphatic carbocycles. The van der Waals surface area contributed by atoms with Crippen molar-refractivity contribution in [2.75, 3.05) is 13.2 Å². The maximum absolute atomic E-state index is 11.4. The van der Waals surface area contributed by atoms with E-state index in [2.05, 4.69) is 5.32 Å². The molecule has 2 atom stereocenters. The Kier molecular flexibility index (Phi) is 6.13. The molecule has 6 nitrogen and oxygen atoms in total. The zero-order valence-corrected chi connectivity index (χ0v) is 9.82. The highest BCUT2D eigenvalue weighted by atomic mass is 16.5. The molecule has 0 fully saturated rings. The SMILES string of the molecule is O=C(N[C@@H](CO)[C@H](O)CO)OCc1ccccc1. The number of aliphatic hydroxyl groups excluding tert-OH is 3. The van der Waals surface area contributed by atoms with Gasteiger partial charge in [-0.25, -0.2) is 4.79 Å². The van der Waals surface area contributed by atoms with Crippen LogP contribution in [0.1, 0.15) is 5.56 Å². The van der Waals surface area contributed by atoms with Crippen molar-refractivity contribution in [3.8, 4) is 0 Å². The quantitative estimate of drug-likeness (QED) is 0.555. The second kappa shape index (κ2) is 7.65. The Morgan fingerprint density at radius 1 is 1.22 bits per heavy atom. The van der Waals surface area contributed by atoms with Crippen LogP contribution in [0.3, 0.4) is 0 Å². The van der Waals surface area contributed by atoms with Gasteiger partial charge in [-0.1, -0.05) is 30.3 Å². The summed E-state index contributed by atoms with van der Waals surface area (Å²) in [5, 5.41) is 29.2. The van der Waals surface area contributed by atoms with Gasteiger partial charge in [0.05, 0.1) is 25.4 Å². The molecule has 0 aromatic heterocycles. The highest BCUT2D eigenvalue weighted by Crippen LogP contribution is 2.01. The first-order chi connectivity index (χ1) is 8.67. The number of hydrogen-bond donors (Lipinski definition) is 4. The molecule has 0 saturated carbocycles. The van der Waals surface area contributed by atoms with Gasteiger partial charge in [-0.15, -0.1) is 0 Å². The molecule has 0 heterocycles. The van der Waals surface area contributed by atoms with Crippen LogP contribution in [0.2, 0.25) is 0 Å². The number of benzene rings is 1. The highest BCUT2D eigenvalue weighted by molar-refractivity contribution is 5.67. The minimum Gasteiger partial charge on any atom is -0.445 e. The lowest BCUT2D eigenvalue weighted by Crippen LogP contribution is -2.47. The van der Waals surface area contributed by atoms with E-state index < -0.39 is 31.5 Å². The maximum atomic E-state index is 11.4. The molecule has 0 radical (unpaired) electrons. The number of carbonyl (C=O) groups excluding carboxylic acids is 1. The van der Waals surface area contributed by atoms with Crippen molar-refractivity contribution in [2.45, 2.75) is 18.8 Å². The molecule has 0 unspecified atom stereocenters. The molecule has 18 heavy (non-hydrogen) atoms.